The van der Waals surface area contributed by atoms with Crippen LogP contribution in [0, 0.1) is 0 Å². The van der Waals surface area contributed by atoms with Gasteiger partial charge in [-0.2, -0.15) is 0 Å². The van der Waals surface area contributed by atoms with E-state index >= 15 is 0 Å². The van der Waals surface area contributed by atoms with Gasteiger partial charge in [0.2, 0.25) is 0 Å². The van der Waals surface area contributed by atoms with E-state index in [0.29, 0.717) is 23.6 Å². The van der Waals surface area contributed by atoms with E-state index in [2.05, 4.69) is 34.6 Å². The Hall–Kier alpha value is -3.22. The third-order valence-corrected chi connectivity index (χ3v) is 5.47. The number of nitrogens with one attached hydrogen (secondary N) is 2. The number of hydrogen-bond donors (Lipinski definition) is 2. The number of para-hydroxylation sites is 1. The smallest absolute Gasteiger partial charge is 0.338 e. The molecule has 29 heavy (non-hydrogen) atoms. The molecule has 1 aromatic carbocycles. The van der Waals surface area contributed by atoms with Crippen LogP contribution in [0.25, 0.3) is 0 Å². The highest BCUT2D eigenvalue weighted by Crippen LogP contribution is 2.33. The second kappa shape index (κ2) is 8.03. The molecule has 1 aromatic heterocycles. The summed E-state index contributed by atoms with van der Waals surface area (Å²) in [5, 5.41) is 5.63. The summed E-state index contributed by atoms with van der Waals surface area (Å²) in [5.74, 6) is 0.0295. The molecular weight excluding hydrogens is 370 g/mol. The highest BCUT2D eigenvalue weighted by molar-refractivity contribution is 5.95. The summed E-state index contributed by atoms with van der Waals surface area (Å²) in [7, 11) is 0. The number of furan rings is 1. The molecule has 7 heteroatoms. The third-order valence-electron chi connectivity index (χ3n) is 5.47. The lowest BCUT2D eigenvalue weighted by molar-refractivity contribution is -0.139. The Morgan fingerprint density at radius 1 is 1.28 bits per heavy atom. The third kappa shape index (κ3) is 3.72. The molecule has 0 spiro atoms. The van der Waals surface area contributed by atoms with Crippen molar-refractivity contribution in [2.24, 2.45) is 0 Å². The van der Waals surface area contributed by atoms with Gasteiger partial charge < -0.3 is 24.7 Å². The first-order valence-corrected chi connectivity index (χ1v) is 9.94. The maximum absolute atomic E-state index is 12.9. The summed E-state index contributed by atoms with van der Waals surface area (Å²) in [6, 6.07) is 10.9. The second-order valence-electron chi connectivity index (χ2n) is 7.30. The fourth-order valence-corrected chi connectivity index (χ4v) is 4.03. The van der Waals surface area contributed by atoms with Gasteiger partial charge >= 0.3 is 12.0 Å². The first kappa shape index (κ1) is 19.1. The quantitative estimate of drug-likeness (QED) is 0.759. The second-order valence-corrected chi connectivity index (χ2v) is 7.30. The summed E-state index contributed by atoms with van der Waals surface area (Å²) in [6.07, 6.45) is 3.54. The SMILES string of the molecule is CCOC(=O)C1=C(CN2c3ccccc3CC[C@@H]2C)NC(=O)N[C@H]1c1ccco1. The molecule has 0 radical (unpaired) electrons. The van der Waals surface area contributed by atoms with Gasteiger partial charge in [-0.3, -0.25) is 0 Å². The molecule has 2 aliphatic rings. The van der Waals surface area contributed by atoms with Crippen molar-refractivity contribution < 1.29 is 18.7 Å². The first-order chi connectivity index (χ1) is 14.1. The van der Waals surface area contributed by atoms with Gasteiger partial charge in [-0.05, 0) is 50.5 Å². The summed E-state index contributed by atoms with van der Waals surface area (Å²) in [4.78, 5) is 27.5. The highest BCUT2D eigenvalue weighted by atomic mass is 16.5. The van der Waals surface area contributed by atoms with Crippen LogP contribution in [0.2, 0.25) is 0 Å². The van der Waals surface area contributed by atoms with Crippen molar-refractivity contribution in [2.45, 2.75) is 38.8 Å². The Bertz CT molecular complexity index is 935. The van der Waals surface area contributed by atoms with Crippen LogP contribution in [-0.2, 0) is 16.0 Å². The Morgan fingerprint density at radius 2 is 2.10 bits per heavy atom. The van der Waals surface area contributed by atoms with Crippen molar-refractivity contribution in [3.05, 3.63) is 65.3 Å². The summed E-state index contributed by atoms with van der Waals surface area (Å²) in [6.45, 7) is 4.57. The zero-order valence-corrected chi connectivity index (χ0v) is 16.6. The maximum Gasteiger partial charge on any atom is 0.338 e. The summed E-state index contributed by atoms with van der Waals surface area (Å²) >= 11 is 0. The standard InChI is InChI=1S/C22H25N3O4/c1-3-28-21(26)19-16(23-22(27)24-20(19)18-9-6-12-29-18)13-25-14(2)10-11-15-7-4-5-8-17(15)25/h4-9,12,14,20H,3,10-11,13H2,1-2H3,(H2,23,24,27)/t14-,20-/m0/s1. The minimum atomic E-state index is -0.692. The molecule has 2 N–H and O–H groups in total. The van der Waals surface area contributed by atoms with Crippen molar-refractivity contribution in [3.8, 4) is 0 Å². The predicted octanol–water partition coefficient (Wildman–Crippen LogP) is 3.29. The van der Waals surface area contributed by atoms with E-state index in [1.807, 2.05) is 12.1 Å². The number of anilines is 1. The van der Waals surface area contributed by atoms with E-state index in [1.165, 1.54) is 11.8 Å². The molecule has 2 aromatic rings. The van der Waals surface area contributed by atoms with Crippen LogP contribution >= 0.6 is 0 Å². The number of ether oxygens (including phenoxy) is 1. The number of nitrogens with zero attached hydrogens (tertiary/aromatic N) is 1. The van der Waals surface area contributed by atoms with Crippen LogP contribution in [0.4, 0.5) is 10.5 Å². The van der Waals surface area contributed by atoms with E-state index in [-0.39, 0.29) is 18.7 Å². The fourth-order valence-electron chi connectivity index (χ4n) is 4.03. The van der Waals surface area contributed by atoms with Gasteiger partial charge in [-0.25, -0.2) is 9.59 Å². The van der Waals surface area contributed by atoms with Crippen molar-refractivity contribution in [1.82, 2.24) is 10.6 Å². The van der Waals surface area contributed by atoms with Crippen molar-refractivity contribution in [2.75, 3.05) is 18.1 Å². The largest absolute Gasteiger partial charge is 0.467 e. The average molecular weight is 395 g/mol. The van der Waals surface area contributed by atoms with Gasteiger partial charge in [0, 0.05) is 11.7 Å². The van der Waals surface area contributed by atoms with Crippen LogP contribution in [0.3, 0.4) is 0 Å². The lowest BCUT2D eigenvalue weighted by atomic mass is 9.95. The van der Waals surface area contributed by atoms with E-state index in [1.54, 1.807) is 19.1 Å². The van der Waals surface area contributed by atoms with Gasteiger partial charge in [0.25, 0.3) is 0 Å². The first-order valence-electron chi connectivity index (χ1n) is 9.94. The van der Waals surface area contributed by atoms with E-state index < -0.39 is 12.0 Å². The number of carbonyl (C=O) groups is 2. The molecule has 0 aliphatic carbocycles. The zero-order chi connectivity index (χ0) is 20.4. The van der Waals surface area contributed by atoms with Gasteiger partial charge in [0.1, 0.15) is 11.8 Å². The average Bonchev–Trinajstić information content (AvgIpc) is 3.24. The van der Waals surface area contributed by atoms with Crippen LogP contribution in [0.5, 0.6) is 0 Å². The minimum absolute atomic E-state index is 0.247. The number of benzene rings is 1. The molecule has 0 saturated carbocycles. The number of carbonyl (C=O) groups excluding carboxylic acids is 2. The number of urea groups is 1. The number of fused-ring (bicyclic) bond motifs is 1. The maximum atomic E-state index is 12.9. The molecule has 2 amide bonds. The lowest BCUT2D eigenvalue weighted by Crippen LogP contribution is -2.50. The van der Waals surface area contributed by atoms with E-state index in [0.717, 1.165) is 18.5 Å². The molecule has 0 unspecified atom stereocenters. The number of aryl methyl sites for hydroxylation is 1. The van der Waals surface area contributed by atoms with Gasteiger partial charge in [-0.15, -0.1) is 0 Å². The van der Waals surface area contributed by atoms with Crippen LogP contribution in [-0.4, -0.2) is 31.2 Å². The minimum Gasteiger partial charge on any atom is -0.467 e. The Labute approximate surface area is 169 Å². The highest BCUT2D eigenvalue weighted by Gasteiger charge is 2.36. The number of hydrogen-bond acceptors (Lipinski definition) is 5. The van der Waals surface area contributed by atoms with Gasteiger partial charge in [0.15, 0.2) is 0 Å². The molecule has 0 fully saturated rings. The fraction of sp³-hybridized carbons (Fsp3) is 0.364. The van der Waals surface area contributed by atoms with Crippen molar-refractivity contribution in [3.63, 3.8) is 0 Å². The summed E-state index contributed by atoms with van der Waals surface area (Å²) < 4.78 is 10.8. The molecule has 152 valence electrons. The Kier molecular flexibility index (Phi) is 5.29. The molecule has 2 atom stereocenters. The molecule has 0 bridgehead atoms. The monoisotopic (exact) mass is 395 g/mol. The zero-order valence-electron chi connectivity index (χ0n) is 16.6. The van der Waals surface area contributed by atoms with Crippen molar-refractivity contribution in [1.29, 1.82) is 0 Å². The van der Waals surface area contributed by atoms with Gasteiger partial charge in [0.05, 0.1) is 30.7 Å². The lowest BCUT2D eigenvalue weighted by Gasteiger charge is -2.39. The van der Waals surface area contributed by atoms with Crippen LogP contribution in [0.15, 0.2) is 58.3 Å². The normalized spacial score (nSPS) is 21.3. The summed E-state index contributed by atoms with van der Waals surface area (Å²) in [5.41, 5.74) is 3.31. The van der Waals surface area contributed by atoms with Crippen LogP contribution < -0.4 is 15.5 Å². The number of amides is 2. The molecular formula is C22H25N3O4. The molecule has 0 saturated heterocycles. The van der Waals surface area contributed by atoms with Gasteiger partial charge in [-0.1, -0.05) is 18.2 Å². The van der Waals surface area contributed by atoms with E-state index in [4.69, 9.17) is 9.15 Å². The number of rotatable bonds is 5. The molecule has 3 heterocycles. The van der Waals surface area contributed by atoms with Crippen molar-refractivity contribution >= 4 is 17.7 Å². The topological polar surface area (TPSA) is 83.8 Å². The molecule has 7 nitrogen and oxygen atoms in total. The predicted molar refractivity (Wildman–Crippen MR) is 108 cm³/mol. The number of esters is 1. The molecule has 4 rings (SSSR count). The Morgan fingerprint density at radius 3 is 2.86 bits per heavy atom. The van der Waals surface area contributed by atoms with Crippen LogP contribution in [0.1, 0.15) is 37.6 Å². The van der Waals surface area contributed by atoms with E-state index in [9.17, 15) is 9.59 Å². The molecule has 2 aliphatic heterocycles. The Balaban J connectivity index is 1.76.